The molecule has 5 nitrogen and oxygen atoms in total. The van der Waals surface area contributed by atoms with Crippen LogP contribution in [0.1, 0.15) is 79.7 Å². The van der Waals surface area contributed by atoms with Crippen LogP contribution in [0.5, 0.6) is 11.5 Å². The highest BCUT2D eigenvalue weighted by Crippen LogP contribution is 2.41. The van der Waals surface area contributed by atoms with Crippen LogP contribution in [-0.2, 0) is 30.8 Å². The average Bonchev–Trinajstić information content (AvgIpc) is 3.45. The van der Waals surface area contributed by atoms with Gasteiger partial charge in [-0.2, -0.15) is 0 Å². The highest BCUT2D eigenvalue weighted by Gasteiger charge is 2.27. The summed E-state index contributed by atoms with van der Waals surface area (Å²) in [5, 5.41) is 9.01. The van der Waals surface area contributed by atoms with Gasteiger partial charge in [0.05, 0.1) is 6.61 Å². The quantitative estimate of drug-likeness (QED) is 0.238. The van der Waals surface area contributed by atoms with Crippen LogP contribution < -0.4 is 9.47 Å². The molecule has 0 unspecified atom stereocenters. The first-order valence-corrected chi connectivity index (χ1v) is 15.0. The number of fused-ring (bicyclic) bond motifs is 1. The van der Waals surface area contributed by atoms with E-state index >= 15 is 0 Å². The summed E-state index contributed by atoms with van der Waals surface area (Å²) in [6, 6.07) is 19.7. The maximum absolute atomic E-state index is 11.0. The van der Waals surface area contributed by atoms with Crippen LogP contribution in [-0.4, -0.2) is 35.2 Å². The number of carboxylic acid groups (broad SMARTS) is 1. The van der Waals surface area contributed by atoms with E-state index in [-0.39, 0.29) is 6.42 Å². The van der Waals surface area contributed by atoms with E-state index < -0.39 is 5.97 Å². The minimum Gasteiger partial charge on any atom is -0.493 e. The van der Waals surface area contributed by atoms with E-state index in [2.05, 4.69) is 67.3 Å². The summed E-state index contributed by atoms with van der Waals surface area (Å²) in [5.74, 6) is 1.10. The zero-order valence-corrected chi connectivity index (χ0v) is 24.1. The Morgan fingerprint density at radius 3 is 2.58 bits per heavy atom. The van der Waals surface area contributed by atoms with Crippen molar-refractivity contribution in [3.8, 4) is 22.6 Å². The van der Waals surface area contributed by atoms with Crippen LogP contribution in [0.25, 0.3) is 11.1 Å². The summed E-state index contributed by atoms with van der Waals surface area (Å²) in [6.45, 7) is 7.59. The van der Waals surface area contributed by atoms with Crippen molar-refractivity contribution in [2.45, 2.75) is 90.8 Å². The second-order valence-electron chi connectivity index (χ2n) is 11.4. The highest BCUT2D eigenvalue weighted by molar-refractivity contribution is 5.68. The third-order valence-electron chi connectivity index (χ3n) is 8.70. The number of nitrogens with zero attached hydrogens (tertiary/aromatic N) is 1. The molecule has 1 saturated heterocycles. The number of aliphatic carboxylic acids is 1. The summed E-state index contributed by atoms with van der Waals surface area (Å²) >= 11 is 0. The molecule has 0 aromatic heterocycles. The summed E-state index contributed by atoms with van der Waals surface area (Å²) in [5.41, 5.74) is 8.96. The number of piperidine rings is 1. The van der Waals surface area contributed by atoms with Crippen LogP contribution in [0.2, 0.25) is 0 Å². The Labute approximate surface area is 239 Å². The van der Waals surface area contributed by atoms with E-state index in [4.69, 9.17) is 14.6 Å². The molecular formula is C35H43NO4. The second kappa shape index (κ2) is 13.4. The molecule has 1 fully saturated rings. The number of hydrogen-bond donors (Lipinski definition) is 1. The molecule has 0 saturated carbocycles. The maximum Gasteiger partial charge on any atom is 0.303 e. The van der Waals surface area contributed by atoms with E-state index in [1.54, 1.807) is 0 Å². The van der Waals surface area contributed by atoms with Gasteiger partial charge in [-0.3, -0.25) is 9.69 Å². The van der Waals surface area contributed by atoms with E-state index in [0.29, 0.717) is 25.7 Å². The summed E-state index contributed by atoms with van der Waals surface area (Å²) in [4.78, 5) is 13.6. The predicted molar refractivity (Wildman–Crippen MR) is 160 cm³/mol. The Kier molecular flexibility index (Phi) is 9.43. The van der Waals surface area contributed by atoms with Gasteiger partial charge >= 0.3 is 5.97 Å². The van der Waals surface area contributed by atoms with Crippen molar-refractivity contribution in [3.63, 3.8) is 0 Å². The van der Waals surface area contributed by atoms with Gasteiger partial charge in [-0.25, -0.2) is 0 Å². The molecule has 3 aromatic carbocycles. The Morgan fingerprint density at radius 2 is 1.77 bits per heavy atom. The van der Waals surface area contributed by atoms with E-state index in [0.717, 1.165) is 50.3 Å². The molecule has 1 aliphatic heterocycles. The van der Waals surface area contributed by atoms with Crippen molar-refractivity contribution in [3.05, 3.63) is 82.4 Å². The molecular weight excluding hydrogens is 498 g/mol. The minimum atomic E-state index is -0.750. The van der Waals surface area contributed by atoms with Crippen molar-refractivity contribution >= 4 is 5.97 Å². The number of unbranched alkanes of at least 4 members (excludes halogenated alkanes) is 1. The molecule has 1 N–H and O–H groups in total. The molecule has 0 spiro atoms. The van der Waals surface area contributed by atoms with Gasteiger partial charge in [0, 0.05) is 30.6 Å². The number of benzene rings is 3. The number of ether oxygens (including phenoxy) is 2. The molecule has 1 atom stereocenters. The monoisotopic (exact) mass is 541 g/mol. The SMILES string of the molecule is Cc1c(COc2cc(OCCCCC(=O)O)c(CN3CCCC[C@H]3C)c3c2CCC3)cccc1-c1ccccc1. The van der Waals surface area contributed by atoms with Crippen LogP contribution >= 0.6 is 0 Å². The van der Waals surface area contributed by atoms with Crippen molar-refractivity contribution < 1.29 is 19.4 Å². The van der Waals surface area contributed by atoms with Crippen molar-refractivity contribution in [1.29, 1.82) is 0 Å². The molecule has 3 aromatic rings. The molecule has 5 heteroatoms. The van der Waals surface area contributed by atoms with Gasteiger partial charge in [0.15, 0.2) is 0 Å². The first-order valence-electron chi connectivity index (χ1n) is 15.0. The predicted octanol–water partition coefficient (Wildman–Crippen LogP) is 7.74. The summed E-state index contributed by atoms with van der Waals surface area (Å²) < 4.78 is 13.0. The summed E-state index contributed by atoms with van der Waals surface area (Å²) in [7, 11) is 0. The number of carboxylic acids is 1. The Balaban J connectivity index is 1.40. The van der Waals surface area contributed by atoms with Crippen molar-refractivity contribution in [2.24, 2.45) is 0 Å². The molecule has 0 bridgehead atoms. The average molecular weight is 542 g/mol. The lowest BCUT2D eigenvalue weighted by atomic mass is 9.96. The van der Waals surface area contributed by atoms with Crippen LogP contribution in [0.15, 0.2) is 54.6 Å². The molecule has 212 valence electrons. The first-order chi connectivity index (χ1) is 19.5. The lowest BCUT2D eigenvalue weighted by Gasteiger charge is -2.34. The lowest BCUT2D eigenvalue weighted by Crippen LogP contribution is -2.37. The van der Waals surface area contributed by atoms with E-state index in [1.165, 1.54) is 58.2 Å². The Hall–Kier alpha value is -3.31. The number of rotatable bonds is 12. The Morgan fingerprint density at radius 1 is 0.950 bits per heavy atom. The van der Waals surface area contributed by atoms with Crippen LogP contribution in [0.3, 0.4) is 0 Å². The molecule has 5 rings (SSSR count). The van der Waals surface area contributed by atoms with Gasteiger partial charge in [0.2, 0.25) is 0 Å². The van der Waals surface area contributed by atoms with Gasteiger partial charge in [-0.1, -0.05) is 55.0 Å². The summed E-state index contributed by atoms with van der Waals surface area (Å²) in [6.07, 6.45) is 8.57. The number of hydrogen-bond acceptors (Lipinski definition) is 4. The topological polar surface area (TPSA) is 59.0 Å². The van der Waals surface area contributed by atoms with Gasteiger partial charge < -0.3 is 14.6 Å². The Bertz CT molecular complexity index is 1300. The smallest absolute Gasteiger partial charge is 0.303 e. The zero-order chi connectivity index (χ0) is 27.9. The second-order valence-corrected chi connectivity index (χ2v) is 11.4. The fourth-order valence-electron chi connectivity index (χ4n) is 6.30. The minimum absolute atomic E-state index is 0.182. The highest BCUT2D eigenvalue weighted by atomic mass is 16.5. The van der Waals surface area contributed by atoms with Crippen molar-refractivity contribution in [2.75, 3.05) is 13.2 Å². The fourth-order valence-corrected chi connectivity index (χ4v) is 6.30. The largest absolute Gasteiger partial charge is 0.493 e. The maximum atomic E-state index is 11.0. The van der Waals surface area contributed by atoms with E-state index in [9.17, 15) is 4.79 Å². The lowest BCUT2D eigenvalue weighted by molar-refractivity contribution is -0.137. The van der Waals surface area contributed by atoms with Crippen molar-refractivity contribution in [1.82, 2.24) is 4.90 Å². The normalized spacial score (nSPS) is 17.0. The molecule has 40 heavy (non-hydrogen) atoms. The number of carbonyl (C=O) groups is 1. The molecule has 1 heterocycles. The zero-order valence-electron chi connectivity index (χ0n) is 24.1. The standard InChI is InChI=1S/C35H43NO4/c1-25-12-6-8-20-36(25)23-32-30-17-11-18-31(30)33(22-34(32)39-21-9-7-19-35(37)38)40-24-28-15-10-16-29(26(28)2)27-13-4-3-5-14-27/h3-5,10,13-16,22,25H,6-9,11-12,17-21,23-24H2,1-2H3,(H,37,38)/t25-/m1/s1. The number of likely N-dealkylation sites (tertiary alicyclic amines) is 1. The van der Waals surface area contributed by atoms with Crippen LogP contribution in [0, 0.1) is 6.92 Å². The van der Waals surface area contributed by atoms with Gasteiger partial charge in [0.25, 0.3) is 0 Å². The first kappa shape index (κ1) is 28.2. The molecule has 0 amide bonds. The molecule has 1 aliphatic carbocycles. The third-order valence-corrected chi connectivity index (χ3v) is 8.70. The van der Waals surface area contributed by atoms with E-state index in [1.807, 2.05) is 6.07 Å². The molecule has 0 radical (unpaired) electrons. The van der Waals surface area contributed by atoms with Gasteiger partial charge in [-0.15, -0.1) is 0 Å². The third kappa shape index (κ3) is 6.69. The van der Waals surface area contributed by atoms with Crippen LogP contribution in [0.4, 0.5) is 0 Å². The van der Waals surface area contributed by atoms with Gasteiger partial charge in [0.1, 0.15) is 18.1 Å². The molecule has 2 aliphatic rings. The fraction of sp³-hybridized carbons (Fsp3) is 0.457. The van der Waals surface area contributed by atoms with Gasteiger partial charge in [-0.05, 0) is 98.7 Å².